The van der Waals surface area contributed by atoms with E-state index in [0.717, 1.165) is 24.1 Å². The van der Waals surface area contributed by atoms with Crippen molar-refractivity contribution in [2.75, 3.05) is 16.8 Å². The van der Waals surface area contributed by atoms with Crippen molar-refractivity contribution in [3.63, 3.8) is 0 Å². The Morgan fingerprint density at radius 3 is 2.59 bits per heavy atom. The highest BCUT2D eigenvalue weighted by Gasteiger charge is 2.26. The van der Waals surface area contributed by atoms with Gasteiger partial charge in [-0.15, -0.1) is 0 Å². The molecule has 7 heteroatoms. The molecule has 0 saturated carbocycles. The molecule has 0 spiro atoms. The second kappa shape index (κ2) is 9.15. The summed E-state index contributed by atoms with van der Waals surface area (Å²) < 4.78 is 5.32. The number of rotatable bonds is 4. The van der Waals surface area contributed by atoms with Crippen LogP contribution < -0.4 is 10.2 Å². The normalized spacial score (nSPS) is 12.8. The van der Waals surface area contributed by atoms with Crippen molar-refractivity contribution < 1.29 is 14.1 Å². The van der Waals surface area contributed by atoms with Gasteiger partial charge in [0, 0.05) is 29.0 Å². The molecule has 0 atom stereocenters. The first kappa shape index (κ1) is 21.9. The smallest absolute Gasteiger partial charge is 0.261 e. The number of amides is 2. The first-order valence-electron chi connectivity index (χ1n) is 11.1. The zero-order valence-electron chi connectivity index (χ0n) is 18.5. The summed E-state index contributed by atoms with van der Waals surface area (Å²) in [6, 6.07) is 22.1. The molecule has 2 heterocycles. The lowest BCUT2D eigenvalue weighted by atomic mass is 9.99. The topological polar surface area (TPSA) is 75.4 Å². The molecule has 1 aliphatic heterocycles. The number of nitrogens with zero attached hydrogens (tertiary/aromatic N) is 2. The Kier molecular flexibility index (Phi) is 5.90. The van der Waals surface area contributed by atoms with Gasteiger partial charge in [0.25, 0.3) is 11.8 Å². The van der Waals surface area contributed by atoms with Crippen LogP contribution in [-0.2, 0) is 6.42 Å². The van der Waals surface area contributed by atoms with E-state index in [4.69, 9.17) is 16.1 Å². The van der Waals surface area contributed by atoms with Gasteiger partial charge in [-0.25, -0.2) is 0 Å². The van der Waals surface area contributed by atoms with Crippen LogP contribution in [0.2, 0.25) is 5.02 Å². The minimum absolute atomic E-state index is 0.0252. The molecule has 2 amide bonds. The van der Waals surface area contributed by atoms with Crippen LogP contribution >= 0.6 is 11.6 Å². The average Bonchev–Trinajstić information content (AvgIpc) is 3.25. The van der Waals surface area contributed by atoms with E-state index in [1.165, 1.54) is 0 Å². The number of nitrogens with one attached hydrogen (secondary N) is 1. The Bertz CT molecular complexity index is 1380. The SMILES string of the molecule is Cc1onc(-c2ccccc2Cl)c1C(=O)Nc1ccc2c(c1)CCCN2C(=O)c1ccccc1. The van der Waals surface area contributed by atoms with Gasteiger partial charge in [0.1, 0.15) is 17.0 Å². The Morgan fingerprint density at radius 1 is 1.03 bits per heavy atom. The van der Waals surface area contributed by atoms with Crippen LogP contribution in [0.3, 0.4) is 0 Å². The van der Waals surface area contributed by atoms with Crippen molar-refractivity contribution in [1.29, 1.82) is 0 Å². The fraction of sp³-hybridized carbons (Fsp3) is 0.148. The monoisotopic (exact) mass is 471 g/mol. The number of aromatic nitrogens is 1. The summed E-state index contributed by atoms with van der Waals surface area (Å²) >= 11 is 6.32. The molecule has 0 radical (unpaired) electrons. The molecule has 34 heavy (non-hydrogen) atoms. The summed E-state index contributed by atoms with van der Waals surface area (Å²) in [5, 5.41) is 7.52. The van der Waals surface area contributed by atoms with E-state index in [2.05, 4.69) is 10.5 Å². The summed E-state index contributed by atoms with van der Waals surface area (Å²) in [4.78, 5) is 28.1. The molecule has 3 aromatic carbocycles. The number of halogens is 1. The van der Waals surface area contributed by atoms with Crippen LogP contribution in [0.1, 0.15) is 38.5 Å². The third kappa shape index (κ3) is 4.08. The van der Waals surface area contributed by atoms with Crippen LogP contribution in [0.5, 0.6) is 0 Å². The van der Waals surface area contributed by atoms with Gasteiger partial charge in [-0.3, -0.25) is 9.59 Å². The second-order valence-corrected chi connectivity index (χ2v) is 8.57. The second-order valence-electron chi connectivity index (χ2n) is 8.17. The van der Waals surface area contributed by atoms with Crippen LogP contribution in [0.4, 0.5) is 11.4 Å². The van der Waals surface area contributed by atoms with E-state index in [9.17, 15) is 9.59 Å². The first-order valence-corrected chi connectivity index (χ1v) is 11.4. The van der Waals surface area contributed by atoms with Crippen LogP contribution in [-0.4, -0.2) is 23.5 Å². The van der Waals surface area contributed by atoms with Gasteiger partial charge in [0.05, 0.1) is 5.02 Å². The largest absolute Gasteiger partial charge is 0.360 e. The Hall–Kier alpha value is -3.90. The predicted octanol–water partition coefficient (Wildman–Crippen LogP) is 6.15. The van der Waals surface area contributed by atoms with E-state index < -0.39 is 0 Å². The van der Waals surface area contributed by atoms with Crippen molar-refractivity contribution in [2.45, 2.75) is 19.8 Å². The molecular formula is C27H22ClN3O3. The minimum atomic E-state index is -0.332. The molecule has 1 aliphatic rings. The predicted molar refractivity (Wildman–Crippen MR) is 133 cm³/mol. The molecule has 0 bridgehead atoms. The fourth-order valence-corrected chi connectivity index (χ4v) is 4.52. The highest BCUT2D eigenvalue weighted by molar-refractivity contribution is 6.33. The lowest BCUT2D eigenvalue weighted by molar-refractivity contribution is 0.0983. The van der Waals surface area contributed by atoms with Gasteiger partial charge in [0.15, 0.2) is 0 Å². The van der Waals surface area contributed by atoms with Crippen LogP contribution in [0.15, 0.2) is 77.3 Å². The first-order chi connectivity index (χ1) is 16.5. The Balaban J connectivity index is 1.41. The van der Waals surface area contributed by atoms with Gasteiger partial charge in [0.2, 0.25) is 0 Å². The lowest BCUT2D eigenvalue weighted by Gasteiger charge is -2.30. The molecule has 0 fully saturated rings. The molecule has 4 aromatic rings. The van der Waals surface area contributed by atoms with E-state index in [1.54, 1.807) is 24.0 Å². The maximum absolute atomic E-state index is 13.2. The van der Waals surface area contributed by atoms with Gasteiger partial charge in [-0.1, -0.05) is 53.2 Å². The Morgan fingerprint density at radius 2 is 1.79 bits per heavy atom. The summed E-state index contributed by atoms with van der Waals surface area (Å²) in [5.74, 6) is 0.0504. The number of hydrogen-bond donors (Lipinski definition) is 1. The van der Waals surface area contributed by atoms with Crippen molar-refractivity contribution >= 4 is 34.8 Å². The maximum atomic E-state index is 13.2. The van der Waals surface area contributed by atoms with Gasteiger partial charge in [-0.05, 0) is 61.7 Å². The molecule has 0 aliphatic carbocycles. The van der Waals surface area contributed by atoms with Gasteiger partial charge >= 0.3 is 0 Å². The molecule has 0 unspecified atom stereocenters. The summed E-state index contributed by atoms with van der Waals surface area (Å²) in [5.41, 5.74) is 4.56. The van der Waals surface area contributed by atoms with Crippen LogP contribution in [0.25, 0.3) is 11.3 Å². The fourth-order valence-electron chi connectivity index (χ4n) is 4.29. The number of anilines is 2. The molecule has 1 N–H and O–H groups in total. The molecular weight excluding hydrogens is 450 g/mol. The number of hydrogen-bond acceptors (Lipinski definition) is 4. The van der Waals surface area contributed by atoms with E-state index in [0.29, 0.717) is 45.4 Å². The molecule has 0 saturated heterocycles. The minimum Gasteiger partial charge on any atom is -0.360 e. The van der Waals surface area contributed by atoms with Crippen molar-refractivity contribution in [3.05, 3.63) is 100 Å². The summed E-state index contributed by atoms with van der Waals surface area (Å²) in [6.07, 6.45) is 1.68. The van der Waals surface area contributed by atoms with E-state index in [-0.39, 0.29) is 11.8 Å². The van der Waals surface area contributed by atoms with Crippen molar-refractivity contribution in [3.8, 4) is 11.3 Å². The molecule has 1 aromatic heterocycles. The van der Waals surface area contributed by atoms with Gasteiger partial charge < -0.3 is 14.7 Å². The average molecular weight is 472 g/mol. The van der Waals surface area contributed by atoms with E-state index in [1.807, 2.05) is 60.7 Å². The molecule has 5 rings (SSSR count). The third-order valence-electron chi connectivity index (χ3n) is 5.94. The number of fused-ring (bicyclic) bond motifs is 1. The summed E-state index contributed by atoms with van der Waals surface area (Å²) in [7, 11) is 0. The van der Waals surface area contributed by atoms with E-state index >= 15 is 0 Å². The quantitative estimate of drug-likeness (QED) is 0.387. The number of benzene rings is 3. The third-order valence-corrected chi connectivity index (χ3v) is 6.27. The molecule has 6 nitrogen and oxygen atoms in total. The summed E-state index contributed by atoms with van der Waals surface area (Å²) in [6.45, 7) is 2.36. The number of carbonyl (C=O) groups excluding carboxylic acids is 2. The molecule has 170 valence electrons. The maximum Gasteiger partial charge on any atom is 0.261 e. The number of carbonyl (C=O) groups is 2. The lowest BCUT2D eigenvalue weighted by Crippen LogP contribution is -2.35. The highest BCUT2D eigenvalue weighted by atomic mass is 35.5. The number of aryl methyl sites for hydroxylation is 2. The standard InChI is InChI=1S/C27H22ClN3O3/c1-17-24(25(30-34-17)21-11-5-6-12-22(21)28)26(32)29-20-13-14-23-19(16-20)10-7-15-31(23)27(33)18-8-3-2-4-9-18/h2-6,8-9,11-14,16H,7,10,15H2,1H3,(H,29,32). The zero-order chi connectivity index (χ0) is 23.7. The van der Waals surface area contributed by atoms with Crippen LogP contribution in [0, 0.1) is 6.92 Å². The van der Waals surface area contributed by atoms with Gasteiger partial charge in [-0.2, -0.15) is 0 Å². The van der Waals surface area contributed by atoms with Crippen molar-refractivity contribution in [2.24, 2.45) is 0 Å². The highest BCUT2D eigenvalue weighted by Crippen LogP contribution is 2.33. The zero-order valence-corrected chi connectivity index (χ0v) is 19.3. The van der Waals surface area contributed by atoms with Crippen molar-refractivity contribution in [1.82, 2.24) is 5.16 Å². The Labute approximate surface area is 202 Å².